The summed E-state index contributed by atoms with van der Waals surface area (Å²) in [5.74, 6) is -0.240. The molecule has 0 atom stereocenters. The quantitative estimate of drug-likeness (QED) is 0.763. The molecule has 24 heavy (non-hydrogen) atoms. The lowest BCUT2D eigenvalue weighted by Gasteiger charge is -2.06. The van der Waals surface area contributed by atoms with E-state index in [4.69, 9.17) is 0 Å². The Labute approximate surface area is 140 Å². The molecule has 0 radical (unpaired) electrons. The number of carbonyl (C=O) groups is 1. The summed E-state index contributed by atoms with van der Waals surface area (Å²) in [5, 5.41) is 3.66. The maximum absolute atomic E-state index is 12.5. The van der Waals surface area contributed by atoms with Crippen molar-refractivity contribution in [3.8, 4) is 0 Å². The molecule has 3 aromatic rings. The summed E-state index contributed by atoms with van der Waals surface area (Å²) >= 11 is 0. The van der Waals surface area contributed by atoms with Crippen LogP contribution in [0.4, 0.5) is 5.69 Å². The zero-order valence-corrected chi connectivity index (χ0v) is 14.1. The zero-order chi connectivity index (χ0) is 17.3. The van der Waals surface area contributed by atoms with Gasteiger partial charge in [-0.2, -0.15) is 0 Å². The van der Waals surface area contributed by atoms with E-state index in [2.05, 4.69) is 10.0 Å². The van der Waals surface area contributed by atoms with E-state index in [0.717, 1.165) is 10.9 Å². The van der Waals surface area contributed by atoms with Gasteiger partial charge in [0.05, 0.1) is 10.5 Å². The van der Waals surface area contributed by atoms with Crippen molar-refractivity contribution in [1.29, 1.82) is 0 Å². The summed E-state index contributed by atoms with van der Waals surface area (Å²) in [6.45, 7) is 0. The molecule has 2 aromatic carbocycles. The van der Waals surface area contributed by atoms with Crippen LogP contribution < -0.4 is 10.0 Å². The fourth-order valence-electron chi connectivity index (χ4n) is 2.56. The number of amides is 1. The molecule has 0 saturated carbocycles. The number of aryl methyl sites for hydroxylation is 1. The first-order chi connectivity index (χ1) is 11.4. The van der Waals surface area contributed by atoms with Gasteiger partial charge in [0.1, 0.15) is 0 Å². The van der Waals surface area contributed by atoms with Gasteiger partial charge in [0.2, 0.25) is 10.0 Å². The third kappa shape index (κ3) is 2.91. The van der Waals surface area contributed by atoms with Crippen LogP contribution in [0.3, 0.4) is 0 Å². The molecule has 7 heteroatoms. The number of nitrogens with zero attached hydrogens (tertiary/aromatic N) is 1. The summed E-state index contributed by atoms with van der Waals surface area (Å²) in [4.78, 5) is 12.7. The first-order valence-electron chi connectivity index (χ1n) is 7.31. The minimum absolute atomic E-state index is 0.146. The average Bonchev–Trinajstić information content (AvgIpc) is 2.93. The number of anilines is 1. The second kappa shape index (κ2) is 6.10. The van der Waals surface area contributed by atoms with E-state index in [1.807, 2.05) is 35.9 Å². The normalized spacial score (nSPS) is 11.6. The lowest BCUT2D eigenvalue weighted by molar-refractivity contribution is 0.102. The minimum Gasteiger partial charge on any atom is -0.350 e. The van der Waals surface area contributed by atoms with Crippen molar-refractivity contribution in [2.24, 2.45) is 7.05 Å². The van der Waals surface area contributed by atoms with E-state index in [-0.39, 0.29) is 10.8 Å². The van der Waals surface area contributed by atoms with Crippen molar-refractivity contribution >= 4 is 32.5 Å². The van der Waals surface area contributed by atoms with Crippen molar-refractivity contribution in [3.63, 3.8) is 0 Å². The number of nitrogens with one attached hydrogen (secondary N) is 2. The van der Waals surface area contributed by atoms with Crippen LogP contribution in [0.25, 0.3) is 10.9 Å². The topological polar surface area (TPSA) is 80.2 Å². The number of hydrogen-bond donors (Lipinski definition) is 2. The zero-order valence-electron chi connectivity index (χ0n) is 13.3. The summed E-state index contributed by atoms with van der Waals surface area (Å²) in [6, 6.07) is 13.7. The number of carbonyl (C=O) groups excluding carboxylic acids is 1. The predicted octanol–water partition coefficient (Wildman–Crippen LogP) is 2.34. The standard InChI is InChI=1S/C17H17N3O3S/c1-18-24(22,23)13-9-7-12(8-10-13)19-17(21)15-11-20(2)16-6-4-3-5-14(15)16/h3-11,18H,1-2H3,(H,19,21). The van der Waals surface area contributed by atoms with Crippen LogP contribution in [-0.2, 0) is 17.1 Å². The lowest BCUT2D eigenvalue weighted by atomic mass is 10.1. The number of fused-ring (bicyclic) bond motifs is 1. The van der Waals surface area contributed by atoms with Gasteiger partial charge in [0, 0.05) is 29.8 Å². The second-order valence-electron chi connectivity index (χ2n) is 5.36. The summed E-state index contributed by atoms with van der Waals surface area (Å²) in [7, 11) is -0.249. The number of sulfonamides is 1. The molecule has 1 heterocycles. The van der Waals surface area contributed by atoms with E-state index < -0.39 is 10.0 Å². The van der Waals surface area contributed by atoms with Crippen LogP contribution in [0.2, 0.25) is 0 Å². The van der Waals surface area contributed by atoms with Crippen LogP contribution in [0.1, 0.15) is 10.4 Å². The number of aromatic nitrogens is 1. The highest BCUT2D eigenvalue weighted by Gasteiger charge is 2.15. The fraction of sp³-hybridized carbons (Fsp3) is 0.118. The first kappa shape index (κ1) is 16.2. The SMILES string of the molecule is CNS(=O)(=O)c1ccc(NC(=O)c2cn(C)c3ccccc23)cc1. The highest BCUT2D eigenvalue weighted by molar-refractivity contribution is 7.89. The largest absolute Gasteiger partial charge is 0.350 e. The molecule has 2 N–H and O–H groups in total. The number of hydrogen-bond acceptors (Lipinski definition) is 3. The molecule has 1 amide bonds. The van der Waals surface area contributed by atoms with Crippen molar-refractivity contribution in [2.45, 2.75) is 4.90 Å². The van der Waals surface area contributed by atoms with Gasteiger partial charge >= 0.3 is 0 Å². The van der Waals surface area contributed by atoms with Crippen LogP contribution in [0, 0.1) is 0 Å². The molecular weight excluding hydrogens is 326 g/mol. The molecule has 3 rings (SSSR count). The monoisotopic (exact) mass is 343 g/mol. The molecule has 0 aliphatic carbocycles. The Morgan fingerprint density at radius 2 is 1.71 bits per heavy atom. The van der Waals surface area contributed by atoms with Gasteiger partial charge in [-0.05, 0) is 37.4 Å². The number of para-hydroxylation sites is 1. The molecule has 0 unspecified atom stereocenters. The number of benzene rings is 2. The molecular formula is C17H17N3O3S. The van der Waals surface area contributed by atoms with Crippen LogP contribution >= 0.6 is 0 Å². The molecule has 1 aromatic heterocycles. The molecule has 0 spiro atoms. The summed E-state index contributed by atoms with van der Waals surface area (Å²) < 4.78 is 27.6. The van der Waals surface area contributed by atoms with Crippen LogP contribution in [-0.4, -0.2) is 25.9 Å². The van der Waals surface area contributed by atoms with Crippen molar-refractivity contribution in [1.82, 2.24) is 9.29 Å². The summed E-state index contributed by atoms with van der Waals surface area (Å²) in [5.41, 5.74) is 2.07. The smallest absolute Gasteiger partial charge is 0.257 e. The molecule has 0 bridgehead atoms. The van der Waals surface area contributed by atoms with Gasteiger partial charge in [0.15, 0.2) is 0 Å². The Morgan fingerprint density at radius 1 is 1.04 bits per heavy atom. The van der Waals surface area contributed by atoms with E-state index in [1.165, 1.54) is 19.2 Å². The lowest BCUT2D eigenvalue weighted by Crippen LogP contribution is -2.18. The highest BCUT2D eigenvalue weighted by atomic mass is 32.2. The van der Waals surface area contributed by atoms with Crippen molar-refractivity contribution < 1.29 is 13.2 Å². The average molecular weight is 343 g/mol. The number of rotatable bonds is 4. The maximum atomic E-state index is 12.5. The first-order valence-corrected chi connectivity index (χ1v) is 8.80. The van der Waals surface area contributed by atoms with Gasteiger partial charge in [0.25, 0.3) is 5.91 Å². The van der Waals surface area contributed by atoms with Gasteiger partial charge in [-0.25, -0.2) is 13.1 Å². The van der Waals surface area contributed by atoms with Gasteiger partial charge < -0.3 is 9.88 Å². The second-order valence-corrected chi connectivity index (χ2v) is 7.24. The maximum Gasteiger partial charge on any atom is 0.257 e. The highest BCUT2D eigenvalue weighted by Crippen LogP contribution is 2.22. The molecule has 0 fully saturated rings. The van der Waals surface area contributed by atoms with E-state index in [0.29, 0.717) is 11.3 Å². The van der Waals surface area contributed by atoms with Crippen molar-refractivity contribution in [3.05, 3.63) is 60.3 Å². The van der Waals surface area contributed by atoms with Gasteiger partial charge in [-0.3, -0.25) is 4.79 Å². The Bertz CT molecular complexity index is 1010. The third-order valence-electron chi connectivity index (χ3n) is 3.83. The van der Waals surface area contributed by atoms with Crippen molar-refractivity contribution in [2.75, 3.05) is 12.4 Å². The predicted molar refractivity (Wildman–Crippen MR) is 93.6 cm³/mol. The fourth-order valence-corrected chi connectivity index (χ4v) is 3.29. The van der Waals surface area contributed by atoms with E-state index >= 15 is 0 Å². The molecule has 124 valence electrons. The Hall–Kier alpha value is -2.64. The molecule has 0 saturated heterocycles. The molecule has 0 aliphatic rings. The van der Waals surface area contributed by atoms with Crippen LogP contribution in [0.15, 0.2) is 59.6 Å². The molecule has 6 nitrogen and oxygen atoms in total. The Balaban J connectivity index is 1.87. The van der Waals surface area contributed by atoms with Gasteiger partial charge in [-0.1, -0.05) is 18.2 Å². The van der Waals surface area contributed by atoms with Gasteiger partial charge in [-0.15, -0.1) is 0 Å². The Kier molecular flexibility index (Phi) is 4.13. The van der Waals surface area contributed by atoms with E-state index in [9.17, 15) is 13.2 Å². The third-order valence-corrected chi connectivity index (χ3v) is 5.26. The van der Waals surface area contributed by atoms with Crippen LogP contribution in [0.5, 0.6) is 0 Å². The molecule has 0 aliphatic heterocycles. The van der Waals surface area contributed by atoms with E-state index in [1.54, 1.807) is 18.3 Å². The summed E-state index contributed by atoms with van der Waals surface area (Å²) in [6.07, 6.45) is 1.78. The minimum atomic E-state index is -3.49. The Morgan fingerprint density at radius 3 is 2.38 bits per heavy atom.